The van der Waals surface area contributed by atoms with E-state index < -0.39 is 42.8 Å². The molecule has 3 fully saturated rings. The lowest BCUT2D eigenvalue weighted by Crippen LogP contribution is -2.68. The lowest BCUT2D eigenvalue weighted by Gasteiger charge is -2.58. The first-order chi connectivity index (χ1) is 20.0. The molecule has 7 nitrogen and oxygen atoms in total. The third-order valence-corrected chi connectivity index (χ3v) is 14.4. The molecular weight excluding hydrogens is 617 g/mol. The first-order valence-corrected chi connectivity index (χ1v) is 18.0. The van der Waals surface area contributed by atoms with Crippen LogP contribution in [0.1, 0.15) is 63.2 Å². The second-order valence-electron chi connectivity index (χ2n) is 13.2. The van der Waals surface area contributed by atoms with Crippen LogP contribution in [0, 0.1) is 17.0 Å². The minimum Gasteiger partial charge on any atom is -0.484 e. The van der Waals surface area contributed by atoms with E-state index in [-0.39, 0.29) is 51.4 Å². The van der Waals surface area contributed by atoms with Crippen molar-refractivity contribution >= 4 is 49.1 Å². The Kier molecular flexibility index (Phi) is 9.67. The Hall–Kier alpha value is -2.53. The van der Waals surface area contributed by atoms with Gasteiger partial charge in [0.2, 0.25) is 5.91 Å². The van der Waals surface area contributed by atoms with Gasteiger partial charge in [-0.3, -0.25) is 14.4 Å². The number of carbonyl (C=O) groups excluding carboxylic acids is 3. The Bertz CT molecular complexity index is 1410. The van der Waals surface area contributed by atoms with Gasteiger partial charge in [-0.2, -0.15) is 0 Å². The Morgan fingerprint density at radius 3 is 2.16 bits per heavy atom. The van der Waals surface area contributed by atoms with Crippen LogP contribution in [0.3, 0.4) is 0 Å². The molecule has 3 aliphatic rings. The average Bonchev–Trinajstić information content (AvgIpc) is 2.93. The minimum absolute atomic E-state index is 0.0383. The zero-order valence-electron chi connectivity index (χ0n) is 25.0. The zero-order chi connectivity index (χ0) is 31.8. The summed E-state index contributed by atoms with van der Waals surface area (Å²) in [5.74, 6) is -2.24. The number of hydrogen-bond acceptors (Lipinski definition) is 5. The van der Waals surface area contributed by atoms with Crippen molar-refractivity contribution in [1.82, 2.24) is 10.6 Å². The Labute approximate surface area is 262 Å². The van der Waals surface area contributed by atoms with Crippen LogP contribution in [0.25, 0.3) is 0 Å². The van der Waals surface area contributed by atoms with Gasteiger partial charge in [0, 0.05) is 17.2 Å². The van der Waals surface area contributed by atoms with Crippen molar-refractivity contribution in [2.24, 2.45) is 5.41 Å². The molecule has 0 saturated heterocycles. The smallest absolute Gasteiger partial charge is 0.258 e. The summed E-state index contributed by atoms with van der Waals surface area (Å²) in [7, 11) is -2.36. The van der Waals surface area contributed by atoms with E-state index in [2.05, 4.69) is 44.5 Å². The van der Waals surface area contributed by atoms with Crippen LogP contribution in [0.4, 0.5) is 8.78 Å². The van der Waals surface area contributed by atoms with Crippen molar-refractivity contribution in [3.05, 3.63) is 63.6 Å². The first kappa shape index (κ1) is 33.4. The largest absolute Gasteiger partial charge is 0.484 e. The maximum Gasteiger partial charge on any atom is 0.258 e. The maximum absolute atomic E-state index is 13.9. The second-order valence-corrected chi connectivity index (χ2v) is 18.7. The summed E-state index contributed by atoms with van der Waals surface area (Å²) in [5.41, 5.74) is -1.37. The SMILES string of the molecule is CC(C)(C)[Si](C)(C)O[C@H]1CC2(NC(=O)COc3ccc(Cl)c(F)c3)CCC1(C(=O)NCC(=O)c1ccc(Cl)c(F)c1)CC2. The number of nitrogens with one attached hydrogen (secondary N) is 2. The first-order valence-electron chi connectivity index (χ1n) is 14.3. The van der Waals surface area contributed by atoms with Crippen LogP contribution in [-0.4, -0.2) is 50.7 Å². The number of rotatable bonds is 10. The molecule has 5 rings (SSSR count). The molecule has 0 aliphatic heterocycles. The van der Waals surface area contributed by atoms with Crippen molar-refractivity contribution in [3.8, 4) is 5.75 Å². The molecular formula is C31H38Cl2F2N2O5Si. The van der Waals surface area contributed by atoms with Crippen LogP contribution in [-0.2, 0) is 14.0 Å². The number of Topliss-reactive ketones (excluding diaryl/α,β-unsaturated/α-hetero) is 1. The third-order valence-electron chi connectivity index (χ3n) is 9.30. The Balaban J connectivity index is 1.48. The van der Waals surface area contributed by atoms with Gasteiger partial charge in [-0.05, 0) is 80.6 Å². The maximum atomic E-state index is 13.9. The number of fused-ring (bicyclic) bond motifs is 3. The fourth-order valence-corrected chi connectivity index (χ4v) is 7.25. The molecule has 0 heterocycles. The number of hydrogen-bond donors (Lipinski definition) is 2. The second kappa shape index (κ2) is 12.5. The van der Waals surface area contributed by atoms with Crippen LogP contribution >= 0.6 is 23.2 Å². The van der Waals surface area contributed by atoms with Gasteiger partial charge >= 0.3 is 0 Å². The normalized spacial score (nSPS) is 23.5. The fourth-order valence-electron chi connectivity index (χ4n) is 5.64. The van der Waals surface area contributed by atoms with Crippen molar-refractivity contribution < 1.29 is 32.3 Å². The zero-order valence-corrected chi connectivity index (χ0v) is 27.6. The number of carbonyl (C=O) groups is 3. The molecule has 3 saturated carbocycles. The third kappa shape index (κ3) is 7.24. The molecule has 0 spiro atoms. The van der Waals surface area contributed by atoms with E-state index in [1.807, 2.05) is 0 Å². The number of ether oxygens (including phenoxy) is 1. The van der Waals surface area contributed by atoms with Crippen molar-refractivity contribution in [1.29, 1.82) is 0 Å². The molecule has 12 heteroatoms. The van der Waals surface area contributed by atoms with Gasteiger partial charge in [0.1, 0.15) is 17.4 Å². The molecule has 2 N–H and O–H groups in total. The number of halogens is 4. The molecule has 2 bridgehead atoms. The van der Waals surface area contributed by atoms with Gasteiger partial charge in [0.05, 0.1) is 28.1 Å². The number of benzene rings is 2. The van der Waals surface area contributed by atoms with Crippen LogP contribution in [0.5, 0.6) is 5.75 Å². The standard InChI is InChI=1S/C31H38Cl2F2N2O5Si/c1-29(2,3)43(4,5)42-26-16-30(37-27(39)18-41-20-7-9-22(33)24(35)15-20)10-12-31(26,13-11-30)28(40)36-17-25(38)19-6-8-21(32)23(34)14-19/h6-9,14-15,26H,10-13,16-18H2,1-5H3,(H,36,40)(H,37,39)/t26-,30?,31?/m0/s1. The van der Waals surface area contributed by atoms with Crippen molar-refractivity contribution in [3.63, 3.8) is 0 Å². The molecule has 2 aromatic rings. The highest BCUT2D eigenvalue weighted by Gasteiger charge is 2.60. The van der Waals surface area contributed by atoms with Crippen LogP contribution in [0.2, 0.25) is 28.2 Å². The number of ketones is 1. The van der Waals surface area contributed by atoms with Gasteiger partial charge in [0.15, 0.2) is 20.7 Å². The minimum atomic E-state index is -2.36. The number of amides is 2. The molecule has 2 aromatic carbocycles. The lowest BCUT2D eigenvalue weighted by atomic mass is 9.55. The van der Waals surface area contributed by atoms with Crippen molar-refractivity contribution in [2.75, 3.05) is 13.2 Å². The summed E-state index contributed by atoms with van der Waals surface area (Å²) < 4.78 is 40.1. The average molecular weight is 656 g/mol. The van der Waals surface area contributed by atoms with Gasteiger partial charge < -0.3 is 19.8 Å². The van der Waals surface area contributed by atoms with Gasteiger partial charge in [-0.15, -0.1) is 0 Å². The van der Waals surface area contributed by atoms with E-state index in [1.165, 1.54) is 24.3 Å². The summed E-state index contributed by atoms with van der Waals surface area (Å²) in [5, 5.41) is 5.67. The summed E-state index contributed by atoms with van der Waals surface area (Å²) in [4.78, 5) is 39.6. The van der Waals surface area contributed by atoms with E-state index in [4.69, 9.17) is 32.4 Å². The monoisotopic (exact) mass is 654 g/mol. The molecule has 43 heavy (non-hydrogen) atoms. The van der Waals surface area contributed by atoms with Gasteiger partial charge in [0.25, 0.3) is 5.91 Å². The quantitative estimate of drug-likeness (QED) is 0.216. The lowest BCUT2D eigenvalue weighted by molar-refractivity contribution is -0.154. The fraction of sp³-hybridized carbons (Fsp3) is 0.516. The predicted molar refractivity (Wildman–Crippen MR) is 164 cm³/mol. The van der Waals surface area contributed by atoms with E-state index in [0.29, 0.717) is 32.1 Å². The van der Waals surface area contributed by atoms with E-state index >= 15 is 0 Å². The summed E-state index contributed by atoms with van der Waals surface area (Å²) in [6, 6.07) is 7.76. The molecule has 3 aliphatic carbocycles. The summed E-state index contributed by atoms with van der Waals surface area (Å²) in [6.07, 6.45) is 1.90. The topological polar surface area (TPSA) is 93.7 Å². The van der Waals surface area contributed by atoms with Gasteiger partial charge in [-0.25, -0.2) is 8.78 Å². The molecule has 1 atom stereocenters. The molecule has 0 radical (unpaired) electrons. The summed E-state index contributed by atoms with van der Waals surface area (Å²) in [6.45, 7) is 9.98. The Morgan fingerprint density at radius 1 is 0.977 bits per heavy atom. The Morgan fingerprint density at radius 2 is 1.58 bits per heavy atom. The summed E-state index contributed by atoms with van der Waals surface area (Å²) >= 11 is 11.5. The molecule has 2 amide bonds. The highest BCUT2D eigenvalue weighted by Crippen LogP contribution is 2.55. The predicted octanol–water partition coefficient (Wildman–Crippen LogP) is 6.86. The van der Waals surface area contributed by atoms with E-state index in [1.54, 1.807) is 0 Å². The van der Waals surface area contributed by atoms with Crippen LogP contribution in [0.15, 0.2) is 36.4 Å². The van der Waals surface area contributed by atoms with Crippen molar-refractivity contribution in [2.45, 2.75) is 82.7 Å². The highest BCUT2D eigenvalue weighted by molar-refractivity contribution is 6.74. The molecule has 0 unspecified atom stereocenters. The van der Waals surface area contributed by atoms with E-state index in [9.17, 15) is 23.2 Å². The van der Waals surface area contributed by atoms with Gasteiger partial charge in [-0.1, -0.05) is 44.0 Å². The molecule has 234 valence electrons. The molecule has 0 aromatic heterocycles. The van der Waals surface area contributed by atoms with Crippen LogP contribution < -0.4 is 15.4 Å². The van der Waals surface area contributed by atoms with E-state index in [0.717, 1.165) is 12.1 Å². The highest BCUT2D eigenvalue weighted by atomic mass is 35.5.